The van der Waals surface area contributed by atoms with E-state index in [1.807, 2.05) is 24.3 Å². The van der Waals surface area contributed by atoms with Crippen LogP contribution in [0, 0.1) is 5.92 Å². The Balaban J connectivity index is 1.87. The molecule has 1 aliphatic rings. The smallest absolute Gasteiger partial charge is 0.260 e. The summed E-state index contributed by atoms with van der Waals surface area (Å²) in [6, 6.07) is 7.73. The molecule has 0 saturated carbocycles. The van der Waals surface area contributed by atoms with E-state index in [2.05, 4.69) is 6.92 Å². The summed E-state index contributed by atoms with van der Waals surface area (Å²) < 4.78 is 5.55. The van der Waals surface area contributed by atoms with Crippen molar-refractivity contribution < 1.29 is 14.3 Å². The molecule has 1 heterocycles. The Morgan fingerprint density at radius 2 is 2.24 bits per heavy atom. The van der Waals surface area contributed by atoms with Gasteiger partial charge in [-0.25, -0.2) is 0 Å². The number of carbonyl (C=O) groups excluding carboxylic acids is 2. The molecule has 1 aliphatic heterocycles. The van der Waals surface area contributed by atoms with E-state index in [-0.39, 0.29) is 24.3 Å². The highest BCUT2D eigenvalue weighted by atomic mass is 16.5. The molecule has 0 spiro atoms. The summed E-state index contributed by atoms with van der Waals surface area (Å²) in [5.41, 5.74) is 6.49. The number of hydrogen-bond acceptors (Lipinski definition) is 3. The van der Waals surface area contributed by atoms with Crippen LogP contribution in [0.2, 0.25) is 0 Å². The number of benzene rings is 1. The van der Waals surface area contributed by atoms with Crippen LogP contribution in [0.5, 0.6) is 5.75 Å². The second kappa shape index (κ2) is 7.11. The molecule has 0 aliphatic carbocycles. The first-order valence-electron chi connectivity index (χ1n) is 7.39. The van der Waals surface area contributed by atoms with Crippen molar-refractivity contribution in [3.63, 3.8) is 0 Å². The number of nitrogens with two attached hydrogens (primary N) is 1. The molecule has 1 atom stereocenters. The van der Waals surface area contributed by atoms with Crippen LogP contribution in [0.1, 0.15) is 25.3 Å². The fourth-order valence-corrected chi connectivity index (χ4v) is 2.53. The van der Waals surface area contributed by atoms with Gasteiger partial charge in [0, 0.05) is 13.1 Å². The zero-order valence-corrected chi connectivity index (χ0v) is 12.4. The number of likely N-dealkylation sites (tertiary alicyclic amines) is 1. The van der Waals surface area contributed by atoms with Crippen LogP contribution >= 0.6 is 0 Å². The number of nitrogens with zero attached hydrogens (tertiary/aromatic N) is 1. The third-order valence-electron chi connectivity index (χ3n) is 3.85. The van der Waals surface area contributed by atoms with Gasteiger partial charge in [-0.05, 0) is 37.0 Å². The van der Waals surface area contributed by atoms with Gasteiger partial charge in [0.15, 0.2) is 6.61 Å². The summed E-state index contributed by atoms with van der Waals surface area (Å²) in [7, 11) is 0. The predicted molar refractivity (Wildman–Crippen MR) is 79.8 cm³/mol. The number of ether oxygens (including phenoxy) is 1. The van der Waals surface area contributed by atoms with Crippen molar-refractivity contribution in [3.05, 3.63) is 29.8 Å². The highest BCUT2D eigenvalue weighted by Crippen LogP contribution is 2.17. The lowest BCUT2D eigenvalue weighted by molar-refractivity contribution is -0.136. The van der Waals surface area contributed by atoms with Gasteiger partial charge in [-0.15, -0.1) is 0 Å². The van der Waals surface area contributed by atoms with E-state index in [1.165, 1.54) is 5.56 Å². The molecule has 2 rings (SSSR count). The predicted octanol–water partition coefficient (Wildman–Crippen LogP) is 1.35. The monoisotopic (exact) mass is 290 g/mol. The molecule has 21 heavy (non-hydrogen) atoms. The third kappa shape index (κ3) is 4.21. The highest BCUT2D eigenvalue weighted by molar-refractivity contribution is 5.81. The highest BCUT2D eigenvalue weighted by Gasteiger charge is 2.26. The number of hydrogen-bond donors (Lipinski definition) is 1. The Labute approximate surface area is 125 Å². The molecule has 1 fully saturated rings. The molecule has 1 saturated heterocycles. The van der Waals surface area contributed by atoms with Crippen LogP contribution in [-0.2, 0) is 16.0 Å². The van der Waals surface area contributed by atoms with Gasteiger partial charge in [0.1, 0.15) is 5.75 Å². The quantitative estimate of drug-likeness (QED) is 0.889. The van der Waals surface area contributed by atoms with Crippen molar-refractivity contribution in [1.82, 2.24) is 4.90 Å². The molecule has 0 unspecified atom stereocenters. The minimum Gasteiger partial charge on any atom is -0.484 e. The normalized spacial score (nSPS) is 18.3. The number of aryl methyl sites for hydroxylation is 1. The fourth-order valence-electron chi connectivity index (χ4n) is 2.53. The van der Waals surface area contributed by atoms with Gasteiger partial charge in [0.25, 0.3) is 5.91 Å². The zero-order chi connectivity index (χ0) is 15.2. The minimum atomic E-state index is -0.330. The molecule has 1 aromatic carbocycles. The van der Waals surface area contributed by atoms with E-state index in [1.54, 1.807) is 4.90 Å². The maximum Gasteiger partial charge on any atom is 0.260 e. The lowest BCUT2D eigenvalue weighted by Gasteiger charge is -2.31. The molecule has 1 aromatic rings. The largest absolute Gasteiger partial charge is 0.484 e. The van der Waals surface area contributed by atoms with Gasteiger partial charge in [0.2, 0.25) is 5.91 Å². The number of rotatable bonds is 5. The summed E-state index contributed by atoms with van der Waals surface area (Å²) in [6.45, 7) is 3.15. The Bertz CT molecular complexity index is 516. The van der Waals surface area contributed by atoms with Crippen molar-refractivity contribution >= 4 is 11.8 Å². The first-order valence-corrected chi connectivity index (χ1v) is 7.39. The molecular formula is C16H22N2O3. The van der Waals surface area contributed by atoms with Crippen LogP contribution in [0.4, 0.5) is 0 Å². The first-order chi connectivity index (χ1) is 10.1. The summed E-state index contributed by atoms with van der Waals surface area (Å²) in [5, 5.41) is 0. The van der Waals surface area contributed by atoms with E-state index in [9.17, 15) is 9.59 Å². The van der Waals surface area contributed by atoms with Gasteiger partial charge < -0.3 is 15.4 Å². The van der Waals surface area contributed by atoms with E-state index in [0.29, 0.717) is 18.8 Å². The van der Waals surface area contributed by atoms with Crippen LogP contribution in [0.25, 0.3) is 0 Å². The standard InChI is InChI=1S/C16H22N2O3/c1-2-12-5-3-7-14(9-12)21-11-15(19)18-8-4-6-13(10-18)16(17)20/h3,5,7,9,13H,2,4,6,8,10-11H2,1H3,(H2,17,20)/t13-/m0/s1. The van der Waals surface area contributed by atoms with Crippen molar-refractivity contribution in [2.24, 2.45) is 11.7 Å². The molecule has 0 aromatic heterocycles. The molecule has 0 bridgehead atoms. The average molecular weight is 290 g/mol. The summed E-state index contributed by atoms with van der Waals surface area (Å²) in [4.78, 5) is 25.0. The lowest BCUT2D eigenvalue weighted by Crippen LogP contribution is -2.45. The van der Waals surface area contributed by atoms with Gasteiger partial charge in [-0.3, -0.25) is 9.59 Å². The van der Waals surface area contributed by atoms with Gasteiger partial charge >= 0.3 is 0 Å². The number of amides is 2. The number of piperidine rings is 1. The van der Waals surface area contributed by atoms with E-state index in [0.717, 1.165) is 19.3 Å². The zero-order valence-electron chi connectivity index (χ0n) is 12.4. The SMILES string of the molecule is CCc1cccc(OCC(=O)N2CCC[C@H](C(N)=O)C2)c1. The molecule has 0 radical (unpaired) electrons. The summed E-state index contributed by atoms with van der Waals surface area (Å²) >= 11 is 0. The van der Waals surface area contributed by atoms with Crippen LogP contribution < -0.4 is 10.5 Å². The van der Waals surface area contributed by atoms with Crippen LogP contribution in [-0.4, -0.2) is 36.4 Å². The molecular weight excluding hydrogens is 268 g/mol. The molecule has 2 N–H and O–H groups in total. The van der Waals surface area contributed by atoms with Gasteiger partial charge in [-0.2, -0.15) is 0 Å². The van der Waals surface area contributed by atoms with Crippen molar-refractivity contribution in [1.29, 1.82) is 0 Å². The Morgan fingerprint density at radius 3 is 2.95 bits per heavy atom. The number of carbonyl (C=O) groups is 2. The lowest BCUT2D eigenvalue weighted by atomic mass is 9.97. The Morgan fingerprint density at radius 1 is 1.43 bits per heavy atom. The van der Waals surface area contributed by atoms with E-state index >= 15 is 0 Å². The Kier molecular flexibility index (Phi) is 5.20. The van der Waals surface area contributed by atoms with Crippen molar-refractivity contribution in [2.45, 2.75) is 26.2 Å². The van der Waals surface area contributed by atoms with E-state index in [4.69, 9.17) is 10.5 Å². The molecule has 5 nitrogen and oxygen atoms in total. The first kappa shape index (κ1) is 15.4. The summed E-state index contributed by atoms with van der Waals surface area (Å²) in [6.07, 6.45) is 2.50. The third-order valence-corrected chi connectivity index (χ3v) is 3.85. The van der Waals surface area contributed by atoms with E-state index < -0.39 is 0 Å². The van der Waals surface area contributed by atoms with Gasteiger partial charge in [-0.1, -0.05) is 19.1 Å². The van der Waals surface area contributed by atoms with Crippen molar-refractivity contribution in [2.75, 3.05) is 19.7 Å². The van der Waals surface area contributed by atoms with Crippen LogP contribution in [0.3, 0.4) is 0 Å². The maximum absolute atomic E-state index is 12.1. The summed E-state index contributed by atoms with van der Waals surface area (Å²) in [5.74, 6) is 0.0456. The Hall–Kier alpha value is -2.04. The molecule has 5 heteroatoms. The number of primary amides is 1. The minimum absolute atomic E-state index is 0.00134. The topological polar surface area (TPSA) is 72.6 Å². The molecule has 114 valence electrons. The second-order valence-electron chi connectivity index (χ2n) is 5.37. The van der Waals surface area contributed by atoms with Crippen molar-refractivity contribution in [3.8, 4) is 5.75 Å². The second-order valence-corrected chi connectivity index (χ2v) is 5.37. The fraction of sp³-hybridized carbons (Fsp3) is 0.500. The average Bonchev–Trinajstić information content (AvgIpc) is 2.53. The molecule has 2 amide bonds. The van der Waals surface area contributed by atoms with Gasteiger partial charge in [0.05, 0.1) is 5.92 Å². The van der Waals surface area contributed by atoms with Crippen LogP contribution in [0.15, 0.2) is 24.3 Å². The maximum atomic E-state index is 12.1.